The van der Waals surface area contributed by atoms with Crippen LogP contribution in [0.1, 0.15) is 131 Å². The summed E-state index contributed by atoms with van der Waals surface area (Å²) < 4.78 is 13.1. The first kappa shape index (κ1) is 95.9. The van der Waals surface area contributed by atoms with E-state index >= 15 is 28.8 Å². The van der Waals surface area contributed by atoms with Crippen LogP contribution < -0.4 is 74.8 Å². The van der Waals surface area contributed by atoms with Gasteiger partial charge in [0.1, 0.15) is 78.7 Å². The molecule has 32 heteroatoms. The number of primary amides is 1. The van der Waals surface area contributed by atoms with Gasteiger partial charge in [-0.15, -0.1) is 0 Å². The van der Waals surface area contributed by atoms with E-state index in [-0.39, 0.29) is 0 Å². The zero-order valence-electron chi connectivity index (χ0n) is 72.5. The standard InChI is InChI=1S/C94H108N12O16P2S2/c1-14-55(2)79(86(114)99-60(7)84(112)104-93(10,11)89(117)100-56(3)80(95)108)102-82(110)58(5)97-81(109)57(4)98-85(113)77(53-123(125,63-35-19-15-20-36-63)64-37-21-16-22-38-64)105(91(119)121-51-75-71-47-31-27-43-67(71)68-44-28-32-48-72(68)75)88(116)78(54-124(126,65-39-23-17-24-40-65)66-41-25-18-26-42-66)106(87(115)61(8)101-90(118)94(12,13)103-83(111)59(6)96-62(9)107)92(120)122-52-76-73-49-33-29-45-69(73)70-46-30-34-50-74(70)76/h15-50,55-61,75-79H,14,51-54H2,1-13H3,(H2,95,108)(H,96,107)(H,97,109)(H,98,113)(H,99,114)(H,100,117)(H,101,118)(H,102,110)(H,103,111)(H,104,112)/t55-,56-,57-,58-,59-,60-,61-,77-,78-,79-/m0/s1. The van der Waals surface area contributed by atoms with Crippen molar-refractivity contribution in [1.29, 1.82) is 0 Å². The lowest BCUT2D eigenvalue weighted by molar-refractivity contribution is -0.147. The van der Waals surface area contributed by atoms with Crippen molar-refractivity contribution in [2.75, 3.05) is 25.5 Å². The predicted octanol–water partition coefficient (Wildman–Crippen LogP) is 7.39. The Morgan fingerprint density at radius 1 is 0.373 bits per heavy atom. The molecule has 0 heterocycles. The Morgan fingerprint density at radius 3 is 1.03 bits per heavy atom. The third-order valence-corrected chi connectivity index (χ3v) is 32.3. The first-order valence-electron chi connectivity index (χ1n) is 41.5. The van der Waals surface area contributed by atoms with E-state index in [0.29, 0.717) is 37.4 Å². The molecule has 8 aromatic carbocycles. The van der Waals surface area contributed by atoms with Crippen LogP contribution in [0.4, 0.5) is 9.59 Å². The van der Waals surface area contributed by atoms with Crippen molar-refractivity contribution >= 4 is 140 Å². The highest BCUT2D eigenvalue weighted by Crippen LogP contribution is 2.50. The molecule has 2 aliphatic carbocycles. The molecule has 0 aromatic heterocycles. The summed E-state index contributed by atoms with van der Waals surface area (Å²) in [6.45, 7) is 17.0. The van der Waals surface area contributed by atoms with Crippen molar-refractivity contribution in [2.24, 2.45) is 11.7 Å². The molecule has 11 N–H and O–H groups in total. The molecular weight excluding hydrogens is 1680 g/mol. The molecule has 10 atom stereocenters. The quantitative estimate of drug-likeness (QED) is 0.0171. The number of carbonyl (C=O) groups is 14. The van der Waals surface area contributed by atoms with Crippen LogP contribution in [-0.2, 0) is 90.6 Å². The van der Waals surface area contributed by atoms with Crippen LogP contribution in [0, 0.1) is 5.92 Å². The van der Waals surface area contributed by atoms with Crippen molar-refractivity contribution in [3.63, 3.8) is 0 Å². The molecule has 0 spiro atoms. The molecule has 0 saturated heterocycles. The van der Waals surface area contributed by atoms with E-state index < -0.39 is 204 Å². The molecule has 14 amide bonds. The Hall–Kier alpha value is -12.4. The highest BCUT2D eigenvalue weighted by molar-refractivity contribution is 8.22. The highest BCUT2D eigenvalue weighted by atomic mass is 32.4. The van der Waals surface area contributed by atoms with Gasteiger partial charge in [0.15, 0.2) is 0 Å². The third kappa shape index (κ3) is 22.3. The first-order chi connectivity index (χ1) is 59.7. The Kier molecular flexibility index (Phi) is 31.7. The molecule has 0 aliphatic heterocycles. The average Bonchev–Trinajstić information content (AvgIpc) is 1.42. The van der Waals surface area contributed by atoms with E-state index in [0.717, 1.165) is 44.5 Å². The third-order valence-electron chi connectivity index (χ3n) is 22.7. The fourth-order valence-corrected chi connectivity index (χ4v) is 23.2. The van der Waals surface area contributed by atoms with Gasteiger partial charge in [-0.05, 0) is 141 Å². The monoisotopic (exact) mass is 1790 g/mol. The van der Waals surface area contributed by atoms with Crippen molar-refractivity contribution in [1.82, 2.24) is 57.7 Å². The van der Waals surface area contributed by atoms with Crippen molar-refractivity contribution in [3.05, 3.63) is 241 Å². The number of imide groups is 2. The maximum absolute atomic E-state index is 18.1. The van der Waals surface area contributed by atoms with Crippen LogP contribution in [0.2, 0.25) is 0 Å². The average molecular weight is 1790 g/mol. The van der Waals surface area contributed by atoms with Gasteiger partial charge >= 0.3 is 12.2 Å². The van der Waals surface area contributed by atoms with Gasteiger partial charge in [-0.2, -0.15) is 0 Å². The number of amides is 14. The summed E-state index contributed by atoms with van der Waals surface area (Å²) >= 11 is 14.1. The molecule has 8 aromatic rings. The molecular formula is C94H108N12O16P2S2. The molecule has 28 nitrogen and oxygen atoms in total. The molecule has 126 heavy (non-hydrogen) atoms. The highest BCUT2D eigenvalue weighted by Gasteiger charge is 2.51. The molecule has 10 rings (SSSR count). The number of rotatable bonds is 36. The summed E-state index contributed by atoms with van der Waals surface area (Å²) in [4.78, 5) is 209. The number of nitrogens with one attached hydrogen (secondary N) is 9. The van der Waals surface area contributed by atoms with Gasteiger partial charge in [0.05, 0.1) is 0 Å². The molecule has 0 radical (unpaired) electrons. The number of carbonyl (C=O) groups excluding carboxylic acids is 14. The maximum atomic E-state index is 18.1. The van der Waals surface area contributed by atoms with Crippen molar-refractivity contribution in [3.8, 4) is 22.3 Å². The summed E-state index contributed by atoms with van der Waals surface area (Å²) in [5.74, 6) is -13.4. The van der Waals surface area contributed by atoms with E-state index in [2.05, 4.69) is 47.9 Å². The summed E-state index contributed by atoms with van der Waals surface area (Å²) in [5, 5.41) is 25.2. The van der Waals surface area contributed by atoms with Gasteiger partial charge in [-0.25, -0.2) is 19.4 Å². The van der Waals surface area contributed by atoms with E-state index in [1.54, 1.807) is 135 Å². The lowest BCUT2D eigenvalue weighted by atomic mass is 9.97. The molecule has 0 saturated carbocycles. The van der Waals surface area contributed by atoms with E-state index in [9.17, 15) is 38.4 Å². The maximum Gasteiger partial charge on any atom is 0.417 e. The molecule has 0 bridgehead atoms. The first-order valence-corrected chi connectivity index (χ1v) is 47.5. The minimum atomic E-state index is -3.78. The largest absolute Gasteiger partial charge is 0.448 e. The predicted molar refractivity (Wildman–Crippen MR) is 490 cm³/mol. The van der Waals surface area contributed by atoms with Crippen LogP contribution >= 0.6 is 12.1 Å². The lowest BCUT2D eigenvalue weighted by Gasteiger charge is -2.39. The number of benzene rings is 8. The van der Waals surface area contributed by atoms with E-state index in [1.807, 2.05) is 97.1 Å². The molecule has 2 aliphatic rings. The zero-order chi connectivity index (χ0) is 91.9. The number of nitrogens with zero attached hydrogens (tertiary/aromatic N) is 2. The summed E-state index contributed by atoms with van der Waals surface area (Å²) in [6, 6.07) is 42.4. The zero-order valence-corrected chi connectivity index (χ0v) is 75.9. The summed E-state index contributed by atoms with van der Waals surface area (Å²) in [6.07, 6.45) is -4.03. The van der Waals surface area contributed by atoms with Gasteiger partial charge in [-0.3, -0.25) is 57.5 Å². The SMILES string of the molecule is CC[C@H](C)[C@H](NC(=O)[C@H](C)NC(=O)[C@H](C)NC(=O)[C@H](CP(=S)(c1ccccc1)c1ccccc1)N(C(=O)OCC1c2ccccc2-c2ccccc21)C(=O)[C@H](CP(=S)(c1ccccc1)c1ccccc1)N(C(=O)OCC1c2ccccc2-c2ccccc21)C(=O)[C@H](C)NC(=O)C(C)(C)NC(=O)[C@H](C)NC(C)=O)C(=O)N[C@@H](C)C(=O)NC(C)(C)C(=O)N[C@@H](C)C(N)=O. The van der Waals surface area contributed by atoms with E-state index in [1.165, 1.54) is 76.2 Å². The fraction of sp³-hybridized carbons (Fsp3) is 0.340. The van der Waals surface area contributed by atoms with Crippen LogP contribution in [0.5, 0.6) is 0 Å². The number of fused-ring (bicyclic) bond motifs is 6. The Labute approximate surface area is 743 Å². The Bertz CT molecular complexity index is 5360. The van der Waals surface area contributed by atoms with Gasteiger partial charge < -0.3 is 63.1 Å². The van der Waals surface area contributed by atoms with Crippen LogP contribution in [-0.4, -0.2) is 184 Å². The lowest BCUT2D eigenvalue weighted by Crippen LogP contribution is -2.65. The smallest absolute Gasteiger partial charge is 0.417 e. The molecule has 0 fully saturated rings. The number of ether oxygens (including phenoxy) is 2. The van der Waals surface area contributed by atoms with Crippen LogP contribution in [0.25, 0.3) is 22.3 Å². The van der Waals surface area contributed by atoms with Gasteiger partial charge in [-0.1, -0.05) is 262 Å². The number of hydrogen-bond donors (Lipinski definition) is 10. The van der Waals surface area contributed by atoms with Gasteiger partial charge in [0.25, 0.3) is 11.8 Å². The van der Waals surface area contributed by atoms with Crippen LogP contribution in [0.15, 0.2) is 218 Å². The van der Waals surface area contributed by atoms with E-state index in [4.69, 9.17) is 38.8 Å². The van der Waals surface area contributed by atoms with Gasteiger partial charge in [0.2, 0.25) is 59.1 Å². The fourth-order valence-electron chi connectivity index (χ4n) is 15.2. The summed E-state index contributed by atoms with van der Waals surface area (Å²) in [5.41, 5.74) is 8.13. The Morgan fingerprint density at radius 2 is 0.675 bits per heavy atom. The second-order valence-corrected chi connectivity index (χ2v) is 42.2. The molecule has 662 valence electrons. The second kappa shape index (κ2) is 41.6. The Balaban J connectivity index is 1.12. The second-order valence-electron chi connectivity index (χ2n) is 32.7. The summed E-state index contributed by atoms with van der Waals surface area (Å²) in [7, 11) is 0. The molecule has 0 unspecified atom stereocenters. The van der Waals surface area contributed by atoms with Gasteiger partial charge in [0, 0.05) is 43.2 Å². The van der Waals surface area contributed by atoms with Crippen LogP contribution in [0.3, 0.4) is 0 Å². The number of nitrogens with two attached hydrogens (primary N) is 1. The topological polar surface area (TPSA) is 398 Å². The minimum absolute atomic E-state index is 0.314. The minimum Gasteiger partial charge on any atom is -0.448 e. The normalized spacial score (nSPS) is 14.7. The number of hydrogen-bond acceptors (Lipinski definition) is 18. The van der Waals surface area contributed by atoms with Crippen molar-refractivity contribution in [2.45, 2.75) is 174 Å². The van der Waals surface area contributed by atoms with Crippen molar-refractivity contribution < 1.29 is 76.6 Å².